The maximum Gasteiger partial charge on any atom is 0.416 e. The van der Waals surface area contributed by atoms with E-state index in [1.807, 2.05) is 0 Å². The van der Waals surface area contributed by atoms with Crippen molar-refractivity contribution in [2.24, 2.45) is 11.8 Å². The molecule has 0 radical (unpaired) electrons. The maximum atomic E-state index is 12.5. The van der Waals surface area contributed by atoms with Crippen LogP contribution < -0.4 is 5.32 Å². The normalized spacial score (nSPS) is 22.2. The lowest BCUT2D eigenvalue weighted by Gasteiger charge is -2.17. The van der Waals surface area contributed by atoms with Gasteiger partial charge in [-0.25, -0.2) is 0 Å². The Morgan fingerprint density at radius 3 is 2.38 bits per heavy atom. The van der Waals surface area contributed by atoms with Crippen LogP contribution in [-0.2, 0) is 22.2 Å². The molecule has 1 amide bonds. The lowest BCUT2D eigenvalue weighted by atomic mass is 9.98. The van der Waals surface area contributed by atoms with Crippen LogP contribution in [0.5, 0.6) is 0 Å². The number of carboxylic acid groups (broad SMARTS) is 1. The molecule has 1 aromatic carbocycles. The number of carbonyl (C=O) groups excluding carboxylic acids is 1. The highest BCUT2D eigenvalue weighted by atomic mass is 19.4. The number of carboxylic acids is 1. The molecule has 0 spiro atoms. The Balaban J connectivity index is 1.87. The molecule has 1 saturated carbocycles. The fraction of sp³-hybridized carbons (Fsp3) is 0.529. The van der Waals surface area contributed by atoms with Gasteiger partial charge in [-0.05, 0) is 43.4 Å². The first-order valence-corrected chi connectivity index (χ1v) is 7.86. The molecule has 0 saturated heterocycles. The Morgan fingerprint density at radius 2 is 1.88 bits per heavy atom. The van der Waals surface area contributed by atoms with E-state index in [-0.39, 0.29) is 11.9 Å². The predicted molar refractivity (Wildman–Crippen MR) is 81.2 cm³/mol. The largest absolute Gasteiger partial charge is 0.481 e. The molecule has 0 heterocycles. The Morgan fingerprint density at radius 1 is 1.25 bits per heavy atom. The molecule has 4 nitrogen and oxygen atoms in total. The van der Waals surface area contributed by atoms with Crippen LogP contribution in [0.2, 0.25) is 0 Å². The van der Waals surface area contributed by atoms with Gasteiger partial charge in [0.05, 0.1) is 11.5 Å². The summed E-state index contributed by atoms with van der Waals surface area (Å²) >= 11 is 0. The zero-order chi connectivity index (χ0) is 17.9. The summed E-state index contributed by atoms with van der Waals surface area (Å²) in [5.74, 6) is -1.86. The SMILES string of the molecule is CC(Cc1ccc(C(F)(F)F)cc1)C(=O)N[C@H]1CC[C@@H](C(=O)O)C1. The van der Waals surface area contributed by atoms with Crippen LogP contribution in [-0.4, -0.2) is 23.0 Å². The van der Waals surface area contributed by atoms with Crippen LogP contribution >= 0.6 is 0 Å². The quantitative estimate of drug-likeness (QED) is 0.862. The smallest absolute Gasteiger partial charge is 0.416 e. The van der Waals surface area contributed by atoms with Gasteiger partial charge in [0.1, 0.15) is 0 Å². The van der Waals surface area contributed by atoms with Crippen molar-refractivity contribution in [1.82, 2.24) is 5.32 Å². The minimum atomic E-state index is -4.37. The summed E-state index contributed by atoms with van der Waals surface area (Å²) in [6.07, 6.45) is -2.43. The number of halogens is 3. The molecule has 0 aliphatic heterocycles. The van der Waals surface area contributed by atoms with Gasteiger partial charge in [0.15, 0.2) is 0 Å². The van der Waals surface area contributed by atoms with Crippen molar-refractivity contribution in [1.29, 1.82) is 0 Å². The number of hydrogen-bond donors (Lipinski definition) is 2. The van der Waals surface area contributed by atoms with E-state index in [1.165, 1.54) is 12.1 Å². The van der Waals surface area contributed by atoms with Crippen molar-refractivity contribution >= 4 is 11.9 Å². The summed E-state index contributed by atoms with van der Waals surface area (Å²) in [6, 6.07) is 4.63. The van der Waals surface area contributed by atoms with E-state index >= 15 is 0 Å². The van der Waals surface area contributed by atoms with Crippen molar-refractivity contribution in [3.8, 4) is 0 Å². The summed E-state index contributed by atoms with van der Waals surface area (Å²) < 4.78 is 37.6. The summed E-state index contributed by atoms with van der Waals surface area (Å²) in [4.78, 5) is 23.1. The van der Waals surface area contributed by atoms with E-state index in [4.69, 9.17) is 5.11 Å². The topological polar surface area (TPSA) is 66.4 Å². The number of aliphatic carboxylic acids is 1. The summed E-state index contributed by atoms with van der Waals surface area (Å²) in [5, 5.41) is 11.8. The van der Waals surface area contributed by atoms with Crippen LogP contribution in [0.25, 0.3) is 0 Å². The van der Waals surface area contributed by atoms with E-state index in [0.717, 1.165) is 12.1 Å². The lowest BCUT2D eigenvalue weighted by Crippen LogP contribution is -2.37. The lowest BCUT2D eigenvalue weighted by molar-refractivity contribution is -0.141. The van der Waals surface area contributed by atoms with Crippen LogP contribution in [0.15, 0.2) is 24.3 Å². The molecular formula is C17H20F3NO3. The fourth-order valence-electron chi connectivity index (χ4n) is 2.96. The Kier molecular flexibility index (Phi) is 5.51. The van der Waals surface area contributed by atoms with Crippen LogP contribution in [0.4, 0.5) is 13.2 Å². The molecule has 132 valence electrons. The van der Waals surface area contributed by atoms with E-state index in [2.05, 4.69) is 5.32 Å². The fourth-order valence-corrected chi connectivity index (χ4v) is 2.96. The first kappa shape index (κ1) is 18.3. The third-order valence-electron chi connectivity index (χ3n) is 4.40. The number of alkyl halides is 3. The number of hydrogen-bond acceptors (Lipinski definition) is 2. The summed E-state index contributed by atoms with van der Waals surface area (Å²) in [6.45, 7) is 1.70. The van der Waals surface area contributed by atoms with Gasteiger partial charge in [-0.3, -0.25) is 9.59 Å². The average molecular weight is 343 g/mol. The van der Waals surface area contributed by atoms with Gasteiger partial charge in [-0.1, -0.05) is 19.1 Å². The third-order valence-corrected chi connectivity index (χ3v) is 4.40. The summed E-state index contributed by atoms with van der Waals surface area (Å²) in [5.41, 5.74) is -0.0606. The molecule has 1 aliphatic carbocycles. The molecule has 0 bridgehead atoms. The molecule has 7 heteroatoms. The molecule has 1 aliphatic rings. The molecule has 1 aromatic rings. The number of rotatable bonds is 5. The van der Waals surface area contributed by atoms with Crippen molar-refractivity contribution in [2.45, 2.75) is 44.8 Å². The van der Waals surface area contributed by atoms with Gasteiger partial charge in [0.25, 0.3) is 0 Å². The van der Waals surface area contributed by atoms with Crippen molar-refractivity contribution in [3.05, 3.63) is 35.4 Å². The Labute approximate surface area is 138 Å². The number of amides is 1. The number of benzene rings is 1. The standard InChI is InChI=1S/C17H20F3NO3/c1-10(8-11-2-5-13(6-3-11)17(18,19)20)15(22)21-14-7-4-12(9-14)16(23)24/h2-3,5-6,10,12,14H,4,7-9H2,1H3,(H,21,22)(H,23,24)/t10?,12-,14+/m1/s1. The monoisotopic (exact) mass is 343 g/mol. The molecule has 1 unspecified atom stereocenters. The molecule has 3 atom stereocenters. The molecule has 0 aromatic heterocycles. The van der Waals surface area contributed by atoms with Crippen LogP contribution in [0, 0.1) is 11.8 Å². The molecular weight excluding hydrogens is 323 g/mol. The molecule has 1 fully saturated rings. The zero-order valence-corrected chi connectivity index (χ0v) is 13.3. The highest BCUT2D eigenvalue weighted by Crippen LogP contribution is 2.29. The third kappa shape index (κ3) is 4.72. The minimum absolute atomic E-state index is 0.145. The van der Waals surface area contributed by atoms with Gasteiger partial charge < -0.3 is 10.4 Å². The second-order valence-corrected chi connectivity index (χ2v) is 6.35. The van der Waals surface area contributed by atoms with Gasteiger partial charge in [-0.15, -0.1) is 0 Å². The molecule has 24 heavy (non-hydrogen) atoms. The minimum Gasteiger partial charge on any atom is -0.481 e. The van der Waals surface area contributed by atoms with E-state index in [0.29, 0.717) is 31.2 Å². The van der Waals surface area contributed by atoms with Crippen molar-refractivity contribution in [2.75, 3.05) is 0 Å². The van der Waals surface area contributed by atoms with Crippen LogP contribution in [0.1, 0.15) is 37.3 Å². The highest BCUT2D eigenvalue weighted by Gasteiger charge is 2.32. The highest BCUT2D eigenvalue weighted by molar-refractivity contribution is 5.79. The van der Waals surface area contributed by atoms with E-state index in [1.54, 1.807) is 6.92 Å². The van der Waals surface area contributed by atoms with Crippen molar-refractivity contribution < 1.29 is 27.9 Å². The number of carbonyl (C=O) groups is 2. The van der Waals surface area contributed by atoms with E-state index in [9.17, 15) is 22.8 Å². The van der Waals surface area contributed by atoms with Crippen molar-refractivity contribution in [3.63, 3.8) is 0 Å². The van der Waals surface area contributed by atoms with Gasteiger partial charge >= 0.3 is 12.1 Å². The van der Waals surface area contributed by atoms with E-state index < -0.39 is 29.5 Å². The van der Waals surface area contributed by atoms with Crippen LogP contribution in [0.3, 0.4) is 0 Å². The van der Waals surface area contributed by atoms with Gasteiger partial charge in [0, 0.05) is 12.0 Å². The predicted octanol–water partition coefficient (Wildman–Crippen LogP) is 3.25. The van der Waals surface area contributed by atoms with Gasteiger partial charge in [0.2, 0.25) is 5.91 Å². The Hall–Kier alpha value is -2.05. The summed E-state index contributed by atoms with van der Waals surface area (Å²) in [7, 11) is 0. The first-order valence-electron chi connectivity index (χ1n) is 7.86. The maximum absolute atomic E-state index is 12.5. The molecule has 2 N–H and O–H groups in total. The zero-order valence-electron chi connectivity index (χ0n) is 13.3. The first-order chi connectivity index (χ1) is 11.2. The second kappa shape index (κ2) is 7.23. The Bertz CT molecular complexity index is 598. The second-order valence-electron chi connectivity index (χ2n) is 6.35. The average Bonchev–Trinajstić information content (AvgIpc) is 2.95. The van der Waals surface area contributed by atoms with Gasteiger partial charge in [-0.2, -0.15) is 13.2 Å². The number of nitrogens with one attached hydrogen (secondary N) is 1. The molecule has 2 rings (SSSR count).